The van der Waals surface area contributed by atoms with Gasteiger partial charge in [-0.05, 0) is 44.2 Å². The maximum atomic E-state index is 13.3. The fourth-order valence-electron chi connectivity index (χ4n) is 5.21. The molecule has 2 heterocycles. The summed E-state index contributed by atoms with van der Waals surface area (Å²) in [7, 11) is 1.95. The van der Waals surface area contributed by atoms with Crippen LogP contribution < -0.4 is 4.90 Å². The molecule has 146 valence electrons. The van der Waals surface area contributed by atoms with Crippen LogP contribution in [-0.2, 0) is 9.59 Å². The summed E-state index contributed by atoms with van der Waals surface area (Å²) in [6.45, 7) is 2.60. The van der Waals surface area contributed by atoms with Gasteiger partial charge in [0.15, 0.2) is 0 Å². The number of likely N-dealkylation sites (N-methyl/N-ethyl adjacent to an activating group) is 1. The second-order valence-corrected chi connectivity index (χ2v) is 8.58. The molecule has 2 aliphatic heterocycles. The molecule has 1 saturated carbocycles. The van der Waals surface area contributed by atoms with E-state index in [0.717, 1.165) is 44.3 Å². The molecule has 0 N–H and O–H groups in total. The van der Waals surface area contributed by atoms with Crippen LogP contribution in [0.2, 0.25) is 0 Å². The van der Waals surface area contributed by atoms with Gasteiger partial charge < -0.3 is 14.7 Å². The van der Waals surface area contributed by atoms with E-state index in [1.807, 2.05) is 47.2 Å². The summed E-state index contributed by atoms with van der Waals surface area (Å²) in [5.74, 6) is 0.455. The summed E-state index contributed by atoms with van der Waals surface area (Å²) in [4.78, 5) is 32.3. The average molecular weight is 370 g/mol. The molecule has 3 aliphatic rings. The predicted molar refractivity (Wildman–Crippen MR) is 107 cm³/mol. The summed E-state index contributed by atoms with van der Waals surface area (Å²) < 4.78 is 0. The van der Waals surface area contributed by atoms with Crippen LogP contribution in [0.25, 0.3) is 0 Å². The Labute approximate surface area is 162 Å². The lowest BCUT2D eigenvalue weighted by molar-refractivity contribution is -0.148. The maximum Gasteiger partial charge on any atom is 0.242 e. The van der Waals surface area contributed by atoms with Gasteiger partial charge in [-0.3, -0.25) is 9.59 Å². The topological polar surface area (TPSA) is 43.9 Å². The summed E-state index contributed by atoms with van der Waals surface area (Å²) in [5, 5.41) is 0. The van der Waals surface area contributed by atoms with Gasteiger partial charge in [-0.25, -0.2) is 0 Å². The first-order valence-electron chi connectivity index (χ1n) is 10.4. The van der Waals surface area contributed by atoms with E-state index >= 15 is 0 Å². The normalized spacial score (nSPS) is 26.2. The quantitative estimate of drug-likeness (QED) is 0.820. The van der Waals surface area contributed by atoms with Crippen LogP contribution in [-0.4, -0.2) is 60.9 Å². The predicted octanol–water partition coefficient (Wildman–Crippen LogP) is 2.91. The Morgan fingerprint density at radius 2 is 1.85 bits per heavy atom. The zero-order valence-corrected chi connectivity index (χ0v) is 16.4. The summed E-state index contributed by atoms with van der Waals surface area (Å²) in [6.07, 6.45) is 7.66. The molecular weight excluding hydrogens is 338 g/mol. The van der Waals surface area contributed by atoms with E-state index in [9.17, 15) is 9.59 Å². The van der Waals surface area contributed by atoms with Gasteiger partial charge in [-0.2, -0.15) is 0 Å². The fourth-order valence-corrected chi connectivity index (χ4v) is 5.21. The molecular formula is C22H31N3O2. The van der Waals surface area contributed by atoms with E-state index in [0.29, 0.717) is 31.6 Å². The van der Waals surface area contributed by atoms with Gasteiger partial charge in [-0.15, -0.1) is 0 Å². The lowest BCUT2D eigenvalue weighted by Gasteiger charge is -2.42. The highest BCUT2D eigenvalue weighted by molar-refractivity contribution is 5.87. The van der Waals surface area contributed by atoms with E-state index in [1.165, 1.54) is 12.8 Å². The number of piperidine rings is 1. The van der Waals surface area contributed by atoms with Crippen molar-refractivity contribution >= 4 is 17.5 Å². The van der Waals surface area contributed by atoms with E-state index < -0.39 is 0 Å². The number of carbonyl (C=O) groups is 2. The Morgan fingerprint density at radius 3 is 2.59 bits per heavy atom. The highest BCUT2D eigenvalue weighted by Gasteiger charge is 2.50. The largest absolute Gasteiger partial charge is 0.365 e. The molecule has 1 spiro atoms. The van der Waals surface area contributed by atoms with E-state index in [-0.39, 0.29) is 11.3 Å². The minimum atomic E-state index is -0.318. The lowest BCUT2D eigenvalue weighted by Crippen LogP contribution is -2.53. The van der Waals surface area contributed by atoms with Crippen LogP contribution >= 0.6 is 0 Å². The molecule has 2 amide bonds. The minimum absolute atomic E-state index is 0.129. The van der Waals surface area contributed by atoms with Crippen LogP contribution in [0.3, 0.4) is 0 Å². The number of para-hydroxylation sites is 1. The second kappa shape index (κ2) is 7.53. The molecule has 27 heavy (non-hydrogen) atoms. The van der Waals surface area contributed by atoms with Gasteiger partial charge in [0.25, 0.3) is 0 Å². The molecule has 5 heteroatoms. The molecule has 0 radical (unpaired) electrons. The zero-order valence-electron chi connectivity index (χ0n) is 16.4. The Morgan fingerprint density at radius 1 is 1.11 bits per heavy atom. The van der Waals surface area contributed by atoms with E-state index in [1.54, 1.807) is 0 Å². The minimum Gasteiger partial charge on any atom is -0.365 e. The van der Waals surface area contributed by atoms with Gasteiger partial charge in [0.1, 0.15) is 0 Å². The van der Waals surface area contributed by atoms with Crippen molar-refractivity contribution in [2.24, 2.45) is 5.41 Å². The Bertz CT molecular complexity index is 686. The SMILES string of the molecule is CN(CC(=O)N1CCC2(CCCN(C3CCCC3)C2=O)C1)c1ccccc1. The molecule has 0 bridgehead atoms. The number of rotatable bonds is 4. The monoisotopic (exact) mass is 369 g/mol. The molecule has 1 unspecified atom stereocenters. The number of benzene rings is 1. The molecule has 1 atom stereocenters. The van der Waals surface area contributed by atoms with Crippen molar-refractivity contribution in [1.29, 1.82) is 0 Å². The number of nitrogens with zero attached hydrogens (tertiary/aromatic N) is 3. The Kier molecular flexibility index (Phi) is 5.11. The van der Waals surface area contributed by atoms with Gasteiger partial charge in [0, 0.05) is 38.4 Å². The molecule has 1 aliphatic carbocycles. The molecule has 1 aromatic rings. The summed E-state index contributed by atoms with van der Waals surface area (Å²) in [5.41, 5.74) is 0.725. The number of amides is 2. The number of hydrogen-bond acceptors (Lipinski definition) is 3. The van der Waals surface area contributed by atoms with E-state index in [2.05, 4.69) is 4.90 Å². The van der Waals surface area contributed by atoms with Crippen LogP contribution in [0.15, 0.2) is 30.3 Å². The van der Waals surface area contributed by atoms with Gasteiger partial charge >= 0.3 is 0 Å². The average Bonchev–Trinajstić information content (AvgIpc) is 3.36. The van der Waals surface area contributed by atoms with Crippen molar-refractivity contribution in [1.82, 2.24) is 9.80 Å². The second-order valence-electron chi connectivity index (χ2n) is 8.58. The number of likely N-dealkylation sites (tertiary alicyclic amines) is 2. The first-order chi connectivity index (χ1) is 13.1. The van der Waals surface area contributed by atoms with Crippen LogP contribution in [0.5, 0.6) is 0 Å². The Hall–Kier alpha value is -2.04. The number of hydrogen-bond donors (Lipinski definition) is 0. The highest BCUT2D eigenvalue weighted by atomic mass is 16.2. The van der Waals surface area contributed by atoms with Gasteiger partial charge in [0.05, 0.1) is 12.0 Å². The highest BCUT2D eigenvalue weighted by Crippen LogP contribution is 2.42. The van der Waals surface area contributed by atoms with Crippen molar-refractivity contribution in [2.45, 2.75) is 51.0 Å². The third-order valence-electron chi connectivity index (χ3n) is 6.81. The summed E-state index contributed by atoms with van der Waals surface area (Å²) in [6, 6.07) is 10.4. The van der Waals surface area contributed by atoms with Crippen LogP contribution in [0, 0.1) is 5.41 Å². The molecule has 1 aromatic carbocycles. The maximum absolute atomic E-state index is 13.3. The molecule has 0 aromatic heterocycles. The molecule has 2 saturated heterocycles. The zero-order chi connectivity index (χ0) is 18.9. The Balaban J connectivity index is 1.39. The third-order valence-corrected chi connectivity index (χ3v) is 6.81. The van der Waals surface area contributed by atoms with Crippen molar-refractivity contribution < 1.29 is 9.59 Å². The number of carbonyl (C=O) groups excluding carboxylic acids is 2. The van der Waals surface area contributed by atoms with Crippen molar-refractivity contribution in [2.75, 3.05) is 38.1 Å². The standard InChI is InChI=1S/C22H31N3O2/c1-23(18-8-3-2-4-9-18)16-20(26)24-15-13-22(17-24)12-7-14-25(21(22)27)19-10-5-6-11-19/h2-4,8-9,19H,5-7,10-17H2,1H3. The van der Waals surface area contributed by atoms with Crippen molar-refractivity contribution in [3.8, 4) is 0 Å². The smallest absolute Gasteiger partial charge is 0.242 e. The van der Waals surface area contributed by atoms with Gasteiger partial charge in [0.2, 0.25) is 11.8 Å². The third kappa shape index (κ3) is 3.56. The number of anilines is 1. The lowest BCUT2D eigenvalue weighted by atomic mass is 9.77. The first-order valence-corrected chi connectivity index (χ1v) is 10.4. The molecule has 3 fully saturated rings. The summed E-state index contributed by atoms with van der Waals surface area (Å²) >= 11 is 0. The molecule has 4 rings (SSSR count). The van der Waals surface area contributed by atoms with E-state index in [4.69, 9.17) is 0 Å². The van der Waals surface area contributed by atoms with Crippen LogP contribution in [0.4, 0.5) is 5.69 Å². The van der Waals surface area contributed by atoms with Gasteiger partial charge in [-0.1, -0.05) is 31.0 Å². The van der Waals surface area contributed by atoms with Crippen LogP contribution in [0.1, 0.15) is 44.9 Å². The first kappa shape index (κ1) is 18.3. The molecule has 5 nitrogen and oxygen atoms in total. The van der Waals surface area contributed by atoms with Crippen molar-refractivity contribution in [3.05, 3.63) is 30.3 Å². The fraction of sp³-hybridized carbons (Fsp3) is 0.636. The van der Waals surface area contributed by atoms with Crippen molar-refractivity contribution in [3.63, 3.8) is 0 Å².